The summed E-state index contributed by atoms with van der Waals surface area (Å²) in [5, 5.41) is 10.1. The number of rotatable bonds is 2. The number of phenolic OH excluding ortho intramolecular Hbond substituents is 1. The van der Waals surface area contributed by atoms with Crippen molar-refractivity contribution < 1.29 is 14.6 Å². The molecular formula is C13H13O3P. The summed E-state index contributed by atoms with van der Waals surface area (Å²) < 4.78 is 12.4. The Bertz CT molecular complexity index is 578. The van der Waals surface area contributed by atoms with Gasteiger partial charge in [-0.1, -0.05) is 18.2 Å². The molecule has 0 saturated carbocycles. The molecule has 0 spiro atoms. The van der Waals surface area contributed by atoms with Gasteiger partial charge in [0, 0.05) is 10.6 Å². The molecule has 0 aromatic heterocycles. The van der Waals surface area contributed by atoms with Gasteiger partial charge in [-0.25, -0.2) is 0 Å². The summed E-state index contributed by atoms with van der Waals surface area (Å²) in [6, 6.07) is 12.9. The topological polar surface area (TPSA) is 57.5 Å². The molecule has 0 fully saturated rings. The van der Waals surface area contributed by atoms with Crippen LogP contribution in [0.3, 0.4) is 0 Å². The lowest BCUT2D eigenvalue weighted by Crippen LogP contribution is -2.17. The zero-order valence-corrected chi connectivity index (χ0v) is 10.3. The summed E-state index contributed by atoms with van der Waals surface area (Å²) in [5.74, 6) is 0.0966. The van der Waals surface area contributed by atoms with Crippen molar-refractivity contribution in [2.75, 3.05) is 0 Å². The number of hydrogen-bond donors (Lipinski definition) is 2. The summed E-state index contributed by atoms with van der Waals surface area (Å²) in [7, 11) is -3.57. The number of aromatic hydroxyl groups is 1. The van der Waals surface area contributed by atoms with Crippen molar-refractivity contribution in [3.05, 3.63) is 54.1 Å². The van der Waals surface area contributed by atoms with Crippen LogP contribution in [0.2, 0.25) is 0 Å². The first kappa shape index (κ1) is 11.9. The van der Waals surface area contributed by atoms with Crippen molar-refractivity contribution in [3.63, 3.8) is 0 Å². The lowest BCUT2D eigenvalue weighted by Gasteiger charge is -2.14. The highest BCUT2D eigenvalue weighted by Crippen LogP contribution is 2.39. The third kappa shape index (κ3) is 2.26. The van der Waals surface area contributed by atoms with Gasteiger partial charge in [-0.05, 0) is 42.8 Å². The molecule has 0 saturated heterocycles. The van der Waals surface area contributed by atoms with Gasteiger partial charge in [-0.2, -0.15) is 0 Å². The van der Waals surface area contributed by atoms with Crippen molar-refractivity contribution in [3.8, 4) is 5.75 Å². The van der Waals surface area contributed by atoms with E-state index in [0.717, 1.165) is 0 Å². The van der Waals surface area contributed by atoms with Crippen LogP contribution in [0, 0.1) is 6.92 Å². The molecule has 0 heterocycles. The SMILES string of the molecule is Cc1cc(O)ccc1P(=O)(O)c1ccccc1. The molecule has 2 N–H and O–H groups in total. The predicted molar refractivity (Wildman–Crippen MR) is 68.4 cm³/mol. The Hall–Kier alpha value is -1.57. The van der Waals surface area contributed by atoms with Gasteiger partial charge >= 0.3 is 0 Å². The minimum absolute atomic E-state index is 0.0966. The lowest BCUT2D eigenvalue weighted by molar-refractivity contribution is 0.475. The molecule has 17 heavy (non-hydrogen) atoms. The standard InChI is InChI=1S/C13H13O3P/c1-10-9-11(14)7-8-13(10)17(15,16)12-5-3-2-4-6-12/h2-9,14H,1H3,(H,15,16). The van der Waals surface area contributed by atoms with Gasteiger partial charge in [0.1, 0.15) is 5.75 Å². The molecule has 4 heteroatoms. The predicted octanol–water partition coefficient (Wildman–Crippen LogP) is 1.92. The molecule has 2 rings (SSSR count). The fraction of sp³-hybridized carbons (Fsp3) is 0.0769. The van der Waals surface area contributed by atoms with Crippen molar-refractivity contribution in [2.24, 2.45) is 0 Å². The van der Waals surface area contributed by atoms with Crippen molar-refractivity contribution >= 4 is 18.0 Å². The van der Waals surface area contributed by atoms with Gasteiger partial charge in [0.2, 0.25) is 0 Å². The Balaban J connectivity index is 2.56. The highest BCUT2D eigenvalue weighted by Gasteiger charge is 2.25. The molecule has 88 valence electrons. The van der Waals surface area contributed by atoms with E-state index in [9.17, 15) is 14.6 Å². The van der Waals surface area contributed by atoms with E-state index in [0.29, 0.717) is 16.2 Å². The number of phenols is 1. The van der Waals surface area contributed by atoms with Gasteiger partial charge in [0.15, 0.2) is 0 Å². The van der Waals surface area contributed by atoms with E-state index >= 15 is 0 Å². The molecule has 0 aliphatic carbocycles. The van der Waals surface area contributed by atoms with E-state index < -0.39 is 7.37 Å². The molecule has 3 nitrogen and oxygen atoms in total. The van der Waals surface area contributed by atoms with Crippen LogP contribution in [0.25, 0.3) is 0 Å². The smallest absolute Gasteiger partial charge is 0.259 e. The Morgan fingerprint density at radius 3 is 2.29 bits per heavy atom. The van der Waals surface area contributed by atoms with Gasteiger partial charge in [0.25, 0.3) is 7.37 Å². The van der Waals surface area contributed by atoms with Gasteiger partial charge < -0.3 is 10.00 Å². The fourth-order valence-corrected chi connectivity index (χ4v) is 3.42. The summed E-state index contributed by atoms with van der Waals surface area (Å²) in [4.78, 5) is 10.2. The number of aryl methyl sites for hydroxylation is 1. The Kier molecular flexibility index (Phi) is 3.05. The van der Waals surface area contributed by atoms with Crippen molar-refractivity contribution in [2.45, 2.75) is 6.92 Å². The zero-order chi connectivity index (χ0) is 12.5. The molecule has 2 aromatic rings. The summed E-state index contributed by atoms with van der Waals surface area (Å²) in [6.07, 6.45) is 0. The zero-order valence-electron chi connectivity index (χ0n) is 9.37. The Labute approximate surface area is 99.8 Å². The molecule has 1 atom stereocenters. The van der Waals surface area contributed by atoms with Crippen LogP contribution in [-0.4, -0.2) is 10.00 Å². The highest BCUT2D eigenvalue weighted by molar-refractivity contribution is 7.73. The molecule has 0 aliphatic heterocycles. The first-order valence-corrected chi connectivity index (χ1v) is 6.86. The second-order valence-corrected chi connectivity index (χ2v) is 6.03. The number of benzene rings is 2. The van der Waals surface area contributed by atoms with E-state index in [2.05, 4.69) is 0 Å². The quantitative estimate of drug-likeness (QED) is 0.798. The van der Waals surface area contributed by atoms with Crippen LogP contribution in [0.1, 0.15) is 5.56 Å². The second kappa shape index (κ2) is 4.36. The van der Waals surface area contributed by atoms with Crippen LogP contribution >= 0.6 is 7.37 Å². The third-order valence-corrected chi connectivity index (χ3v) is 4.77. The lowest BCUT2D eigenvalue weighted by atomic mass is 10.2. The Morgan fingerprint density at radius 1 is 1.06 bits per heavy atom. The number of hydrogen-bond acceptors (Lipinski definition) is 2. The first-order valence-electron chi connectivity index (χ1n) is 5.20. The van der Waals surface area contributed by atoms with E-state index in [-0.39, 0.29) is 5.75 Å². The first-order chi connectivity index (χ1) is 8.01. The van der Waals surface area contributed by atoms with Crippen LogP contribution in [0.5, 0.6) is 5.75 Å². The maximum atomic E-state index is 12.4. The summed E-state index contributed by atoms with van der Waals surface area (Å²) >= 11 is 0. The minimum Gasteiger partial charge on any atom is -0.508 e. The molecule has 0 aliphatic rings. The molecule has 1 unspecified atom stereocenters. The van der Waals surface area contributed by atoms with E-state index in [1.807, 2.05) is 0 Å². The molecule has 2 aromatic carbocycles. The van der Waals surface area contributed by atoms with Crippen LogP contribution in [0.15, 0.2) is 48.5 Å². The van der Waals surface area contributed by atoms with Gasteiger partial charge in [-0.15, -0.1) is 0 Å². The highest BCUT2D eigenvalue weighted by atomic mass is 31.2. The van der Waals surface area contributed by atoms with Crippen molar-refractivity contribution in [1.82, 2.24) is 0 Å². The average molecular weight is 248 g/mol. The van der Waals surface area contributed by atoms with Crippen LogP contribution in [-0.2, 0) is 4.57 Å². The van der Waals surface area contributed by atoms with E-state index in [1.54, 1.807) is 37.3 Å². The molecule has 0 amide bonds. The summed E-state index contributed by atoms with van der Waals surface area (Å²) in [5.41, 5.74) is 0.611. The summed E-state index contributed by atoms with van der Waals surface area (Å²) in [6.45, 7) is 1.71. The normalized spacial score (nSPS) is 14.2. The van der Waals surface area contributed by atoms with Crippen LogP contribution in [0.4, 0.5) is 0 Å². The average Bonchev–Trinajstić information content (AvgIpc) is 2.29. The third-order valence-electron chi connectivity index (χ3n) is 2.61. The van der Waals surface area contributed by atoms with Crippen molar-refractivity contribution in [1.29, 1.82) is 0 Å². The maximum Gasteiger partial charge on any atom is 0.259 e. The second-order valence-electron chi connectivity index (χ2n) is 3.88. The van der Waals surface area contributed by atoms with Crippen LogP contribution < -0.4 is 10.6 Å². The molecular weight excluding hydrogens is 235 g/mol. The maximum absolute atomic E-state index is 12.4. The van der Waals surface area contributed by atoms with Gasteiger partial charge in [0.05, 0.1) is 0 Å². The minimum atomic E-state index is -3.57. The largest absolute Gasteiger partial charge is 0.508 e. The van der Waals surface area contributed by atoms with E-state index in [4.69, 9.17) is 0 Å². The van der Waals surface area contributed by atoms with E-state index in [1.165, 1.54) is 18.2 Å². The Morgan fingerprint density at radius 2 is 1.71 bits per heavy atom. The van der Waals surface area contributed by atoms with Gasteiger partial charge in [-0.3, -0.25) is 4.57 Å². The molecule has 0 bridgehead atoms. The monoisotopic (exact) mass is 248 g/mol. The fourth-order valence-electron chi connectivity index (χ4n) is 1.75. The molecule has 0 radical (unpaired) electrons.